The molecule has 3 aromatic rings. The van der Waals surface area contributed by atoms with Crippen molar-refractivity contribution in [1.29, 1.82) is 0 Å². The topological polar surface area (TPSA) is 87.1 Å². The van der Waals surface area contributed by atoms with Gasteiger partial charge in [0, 0.05) is 34.2 Å². The average molecular weight is 451 g/mol. The SMILES string of the molecule is O=C(Cc1ccc(-c2ccnc(NCCO)n2)s1)NCCc1ccc(Cl)cc1Cl. The van der Waals surface area contributed by atoms with Crippen molar-refractivity contribution in [3.63, 3.8) is 0 Å². The zero-order valence-electron chi connectivity index (χ0n) is 15.5. The van der Waals surface area contributed by atoms with E-state index in [0.717, 1.165) is 21.0 Å². The van der Waals surface area contributed by atoms with Gasteiger partial charge in [-0.05, 0) is 42.3 Å². The molecule has 0 aliphatic rings. The minimum Gasteiger partial charge on any atom is -0.395 e. The largest absolute Gasteiger partial charge is 0.395 e. The minimum atomic E-state index is -0.0449. The van der Waals surface area contributed by atoms with Crippen LogP contribution in [0.5, 0.6) is 0 Å². The fraction of sp³-hybridized carbons (Fsp3) is 0.250. The summed E-state index contributed by atoms with van der Waals surface area (Å²) < 4.78 is 0. The first-order valence-corrected chi connectivity index (χ1v) is 10.6. The van der Waals surface area contributed by atoms with E-state index >= 15 is 0 Å². The van der Waals surface area contributed by atoms with Crippen molar-refractivity contribution in [3.8, 4) is 10.6 Å². The van der Waals surface area contributed by atoms with Crippen LogP contribution in [0.4, 0.5) is 5.95 Å². The molecule has 0 spiro atoms. The molecule has 0 aliphatic heterocycles. The number of hydrogen-bond acceptors (Lipinski definition) is 6. The second kappa shape index (κ2) is 10.5. The molecule has 29 heavy (non-hydrogen) atoms. The number of amides is 1. The summed E-state index contributed by atoms with van der Waals surface area (Å²) in [7, 11) is 0. The number of hydrogen-bond donors (Lipinski definition) is 3. The van der Waals surface area contributed by atoms with Crippen LogP contribution in [0, 0.1) is 0 Å². The van der Waals surface area contributed by atoms with Crippen molar-refractivity contribution in [1.82, 2.24) is 15.3 Å². The number of nitrogens with one attached hydrogen (secondary N) is 2. The third-order valence-electron chi connectivity index (χ3n) is 4.03. The minimum absolute atomic E-state index is 0.00999. The number of carbonyl (C=O) groups excluding carboxylic acids is 1. The highest BCUT2D eigenvalue weighted by Gasteiger charge is 2.10. The van der Waals surface area contributed by atoms with Gasteiger partial charge in [-0.15, -0.1) is 11.3 Å². The van der Waals surface area contributed by atoms with Crippen molar-refractivity contribution >= 4 is 46.4 Å². The number of benzene rings is 1. The number of carbonyl (C=O) groups is 1. The van der Waals surface area contributed by atoms with Crippen molar-refractivity contribution in [2.75, 3.05) is 25.0 Å². The van der Waals surface area contributed by atoms with Gasteiger partial charge in [-0.25, -0.2) is 9.97 Å². The van der Waals surface area contributed by atoms with Crippen LogP contribution >= 0.6 is 34.5 Å². The lowest BCUT2D eigenvalue weighted by molar-refractivity contribution is -0.120. The normalized spacial score (nSPS) is 10.7. The van der Waals surface area contributed by atoms with Crippen LogP contribution in [-0.4, -0.2) is 40.7 Å². The fourth-order valence-electron chi connectivity index (χ4n) is 2.64. The van der Waals surface area contributed by atoms with Crippen molar-refractivity contribution < 1.29 is 9.90 Å². The van der Waals surface area contributed by atoms with E-state index in [2.05, 4.69) is 20.6 Å². The Morgan fingerprint density at radius 1 is 1.14 bits per heavy atom. The first-order chi connectivity index (χ1) is 14.0. The van der Waals surface area contributed by atoms with Gasteiger partial charge in [-0.1, -0.05) is 29.3 Å². The van der Waals surface area contributed by atoms with Crippen LogP contribution in [0.3, 0.4) is 0 Å². The highest BCUT2D eigenvalue weighted by Crippen LogP contribution is 2.27. The summed E-state index contributed by atoms with van der Waals surface area (Å²) in [6.07, 6.45) is 2.61. The number of anilines is 1. The number of halogens is 2. The number of thiophene rings is 1. The molecular weight excluding hydrogens is 431 g/mol. The summed E-state index contributed by atoms with van der Waals surface area (Å²) in [6, 6.07) is 11.0. The molecule has 3 rings (SSSR count). The Hall–Kier alpha value is -2.19. The van der Waals surface area contributed by atoms with Crippen molar-refractivity contribution in [2.45, 2.75) is 12.8 Å². The molecule has 0 saturated carbocycles. The van der Waals surface area contributed by atoms with Crippen molar-refractivity contribution in [2.24, 2.45) is 0 Å². The van der Waals surface area contributed by atoms with Gasteiger partial charge < -0.3 is 15.7 Å². The van der Waals surface area contributed by atoms with Crippen LogP contribution < -0.4 is 10.6 Å². The summed E-state index contributed by atoms with van der Waals surface area (Å²) in [6.45, 7) is 0.904. The lowest BCUT2D eigenvalue weighted by Crippen LogP contribution is -2.27. The third-order valence-corrected chi connectivity index (χ3v) is 5.73. The predicted octanol–water partition coefficient (Wildman–Crippen LogP) is 3.82. The van der Waals surface area contributed by atoms with Crippen LogP contribution in [-0.2, 0) is 17.6 Å². The first kappa shape index (κ1) is 21.5. The van der Waals surface area contributed by atoms with Gasteiger partial charge in [-0.3, -0.25) is 4.79 Å². The van der Waals surface area contributed by atoms with Crippen LogP contribution in [0.1, 0.15) is 10.4 Å². The molecule has 0 atom stereocenters. The molecule has 0 radical (unpaired) electrons. The number of rotatable bonds is 9. The van der Waals surface area contributed by atoms with E-state index in [-0.39, 0.29) is 12.5 Å². The van der Waals surface area contributed by atoms with Gasteiger partial charge in [0.25, 0.3) is 0 Å². The molecular formula is C20H20Cl2N4O2S. The third kappa shape index (κ3) is 6.40. The Balaban J connectivity index is 1.52. The second-order valence-electron chi connectivity index (χ2n) is 6.19. The number of aromatic nitrogens is 2. The molecule has 0 unspecified atom stereocenters. The Morgan fingerprint density at radius 3 is 2.79 bits per heavy atom. The number of aliphatic hydroxyl groups excluding tert-OH is 1. The summed E-state index contributed by atoms with van der Waals surface area (Å²) >= 11 is 13.6. The van der Waals surface area contributed by atoms with E-state index in [1.54, 1.807) is 18.3 Å². The van der Waals surface area contributed by atoms with E-state index in [0.29, 0.717) is 41.9 Å². The van der Waals surface area contributed by atoms with Crippen LogP contribution in [0.25, 0.3) is 10.6 Å². The predicted molar refractivity (Wildman–Crippen MR) is 118 cm³/mol. The van der Waals surface area contributed by atoms with Gasteiger partial charge in [0.15, 0.2) is 0 Å². The Bertz CT molecular complexity index is 981. The number of nitrogens with zero attached hydrogens (tertiary/aromatic N) is 2. The Morgan fingerprint density at radius 2 is 2.00 bits per heavy atom. The van der Waals surface area contributed by atoms with E-state index in [9.17, 15) is 4.79 Å². The fourth-order valence-corrected chi connectivity index (χ4v) is 4.12. The summed E-state index contributed by atoms with van der Waals surface area (Å²) in [4.78, 5) is 22.7. The monoisotopic (exact) mass is 450 g/mol. The quantitative estimate of drug-likeness (QED) is 0.461. The molecule has 6 nitrogen and oxygen atoms in total. The van der Waals surface area contributed by atoms with Crippen molar-refractivity contribution in [3.05, 3.63) is 63.1 Å². The van der Waals surface area contributed by atoms with Gasteiger partial charge in [-0.2, -0.15) is 0 Å². The maximum Gasteiger partial charge on any atom is 0.225 e. The molecule has 3 N–H and O–H groups in total. The highest BCUT2D eigenvalue weighted by atomic mass is 35.5. The molecule has 152 valence electrons. The molecule has 9 heteroatoms. The maximum atomic E-state index is 12.2. The molecule has 2 heterocycles. The van der Waals surface area contributed by atoms with Gasteiger partial charge >= 0.3 is 0 Å². The van der Waals surface area contributed by atoms with E-state index < -0.39 is 0 Å². The molecule has 1 amide bonds. The van der Waals surface area contributed by atoms with Crippen LogP contribution in [0.2, 0.25) is 10.0 Å². The van der Waals surface area contributed by atoms with Gasteiger partial charge in [0.2, 0.25) is 11.9 Å². The van der Waals surface area contributed by atoms with E-state index in [4.69, 9.17) is 28.3 Å². The van der Waals surface area contributed by atoms with Crippen LogP contribution in [0.15, 0.2) is 42.6 Å². The highest BCUT2D eigenvalue weighted by molar-refractivity contribution is 7.15. The zero-order chi connectivity index (χ0) is 20.6. The average Bonchev–Trinajstić information content (AvgIpc) is 3.17. The standard InChI is InChI=1S/C20H20Cl2N4O2S/c21-14-2-1-13(16(22)11-14)5-7-23-19(28)12-15-3-4-18(29-15)17-6-8-24-20(26-17)25-9-10-27/h1-4,6,8,11,27H,5,7,9-10,12H2,(H,23,28)(H,24,25,26). The molecule has 0 fully saturated rings. The maximum absolute atomic E-state index is 12.2. The molecule has 0 saturated heterocycles. The van der Waals surface area contributed by atoms with Gasteiger partial charge in [0.05, 0.1) is 23.6 Å². The first-order valence-electron chi connectivity index (χ1n) is 9.02. The Labute approximate surface area is 182 Å². The number of aliphatic hydroxyl groups is 1. The smallest absolute Gasteiger partial charge is 0.225 e. The summed E-state index contributed by atoms with van der Waals surface area (Å²) in [5.74, 6) is 0.418. The summed E-state index contributed by atoms with van der Waals surface area (Å²) in [5, 5.41) is 15.9. The lowest BCUT2D eigenvalue weighted by Gasteiger charge is -2.06. The second-order valence-corrected chi connectivity index (χ2v) is 8.21. The summed E-state index contributed by atoms with van der Waals surface area (Å²) in [5.41, 5.74) is 1.72. The zero-order valence-corrected chi connectivity index (χ0v) is 17.8. The van der Waals surface area contributed by atoms with E-state index in [1.165, 1.54) is 11.3 Å². The molecule has 0 bridgehead atoms. The Kier molecular flexibility index (Phi) is 7.83. The molecule has 2 aromatic heterocycles. The molecule has 0 aliphatic carbocycles. The lowest BCUT2D eigenvalue weighted by atomic mass is 10.1. The molecule has 1 aromatic carbocycles. The van der Waals surface area contributed by atoms with Gasteiger partial charge in [0.1, 0.15) is 0 Å². The van der Waals surface area contributed by atoms with E-state index in [1.807, 2.05) is 24.3 Å².